The van der Waals surface area contributed by atoms with Crippen LogP contribution in [0.1, 0.15) is 205 Å². The van der Waals surface area contributed by atoms with Gasteiger partial charge in [0.15, 0.2) is 0 Å². The van der Waals surface area contributed by atoms with Crippen LogP contribution in [0.3, 0.4) is 0 Å². The second-order valence-electron chi connectivity index (χ2n) is 14.8. The van der Waals surface area contributed by atoms with Gasteiger partial charge >= 0.3 is 19.5 Å². The Morgan fingerprint density at radius 3 is 0.792 bits per heavy atom. The quantitative estimate of drug-likeness (QED) is 0.0412. The Labute approximate surface area is 339 Å². The zero-order chi connectivity index (χ0) is 38.2. The molecule has 0 saturated carbocycles. The van der Waals surface area contributed by atoms with Crippen LogP contribution in [0.15, 0.2) is 58.3 Å². The molecule has 6 nitrogen and oxygen atoms in total. The van der Waals surface area contributed by atoms with E-state index >= 15 is 0 Å². The monoisotopic (exact) mass is 826 g/mol. The Kier molecular flexibility index (Phi) is 33.4. The maximum Gasteiger partial charge on any atom is 2.00 e. The van der Waals surface area contributed by atoms with E-state index in [2.05, 4.69) is 13.8 Å². The van der Waals surface area contributed by atoms with Crippen molar-refractivity contribution in [2.75, 3.05) is 0 Å². The van der Waals surface area contributed by atoms with Crippen molar-refractivity contribution in [1.82, 2.24) is 0 Å². The van der Waals surface area contributed by atoms with E-state index in [1.54, 1.807) is 36.4 Å². The van der Waals surface area contributed by atoms with Crippen molar-refractivity contribution in [2.45, 2.75) is 216 Å². The summed E-state index contributed by atoms with van der Waals surface area (Å²) in [6.07, 6.45) is 37.8. The van der Waals surface area contributed by atoms with Crippen LogP contribution >= 0.6 is 0 Å². The first kappa shape index (κ1) is 51.9. The Hall–Kier alpha value is -1.12. The zero-order valence-electron chi connectivity index (χ0n) is 33.8. The van der Waals surface area contributed by atoms with Crippen LogP contribution in [0.4, 0.5) is 0 Å². The second-order valence-corrected chi connectivity index (χ2v) is 17.5. The molecule has 0 atom stereocenters. The fraction of sp³-hybridized carbons (Fsp3) is 0.727. The molecule has 0 aliphatic heterocycles. The third-order valence-corrected chi connectivity index (χ3v) is 12.0. The van der Waals surface area contributed by atoms with E-state index < -0.39 is 20.2 Å². The minimum absolute atomic E-state index is 0. The first-order valence-corrected chi connectivity index (χ1v) is 24.0. The van der Waals surface area contributed by atoms with Gasteiger partial charge in [0.25, 0.3) is 0 Å². The molecule has 0 unspecified atom stereocenters. The van der Waals surface area contributed by atoms with Gasteiger partial charge < -0.3 is 9.11 Å². The molecule has 9 heteroatoms. The standard InChI is InChI=1S/2C22H38O3S.Zn/c2*1-2-3-4-5-6-7-8-9-10-11-12-13-14-15-18-21-19-16-17-20-22(21)26(23,24)25;/h2*16-17,19-20H,2-15,18H2,1H3,(H,23,24,25);/q;;+2/p-2. The second kappa shape index (κ2) is 34.2. The van der Waals surface area contributed by atoms with E-state index in [4.69, 9.17) is 0 Å². The maximum atomic E-state index is 11.2. The average molecular weight is 829 g/mol. The normalized spacial score (nSPS) is 11.5. The minimum atomic E-state index is -4.35. The van der Waals surface area contributed by atoms with Crippen LogP contribution in [-0.2, 0) is 52.6 Å². The van der Waals surface area contributed by atoms with E-state index in [9.17, 15) is 25.9 Å². The molecule has 0 N–H and O–H groups in total. The van der Waals surface area contributed by atoms with Crippen molar-refractivity contribution in [3.05, 3.63) is 59.7 Å². The maximum absolute atomic E-state index is 11.2. The predicted molar refractivity (Wildman–Crippen MR) is 217 cm³/mol. The number of aryl methyl sites for hydroxylation is 2. The number of benzene rings is 2. The summed E-state index contributed by atoms with van der Waals surface area (Å²) in [7, 11) is -8.71. The largest absolute Gasteiger partial charge is 2.00 e. The van der Waals surface area contributed by atoms with E-state index in [0.29, 0.717) is 24.0 Å². The topological polar surface area (TPSA) is 114 Å². The number of unbranched alkanes of at least 4 members (excludes halogenated alkanes) is 26. The third-order valence-electron chi connectivity index (χ3n) is 10.1. The SMILES string of the molecule is CCCCCCCCCCCCCCCCc1ccccc1S(=O)(=O)[O-].CCCCCCCCCCCCCCCCc1ccccc1S(=O)(=O)[O-].[Zn+2]. The molecule has 0 aromatic heterocycles. The van der Waals surface area contributed by atoms with Gasteiger partial charge in [-0.3, -0.25) is 0 Å². The molecule has 53 heavy (non-hydrogen) atoms. The van der Waals surface area contributed by atoms with E-state index in [-0.39, 0.29) is 29.3 Å². The van der Waals surface area contributed by atoms with Gasteiger partial charge in [0.05, 0.1) is 9.79 Å². The van der Waals surface area contributed by atoms with Crippen LogP contribution in [-0.4, -0.2) is 25.9 Å². The van der Waals surface area contributed by atoms with Crippen molar-refractivity contribution in [2.24, 2.45) is 0 Å². The molecular formula is C44H74O6S2Zn. The summed E-state index contributed by atoms with van der Waals surface area (Å²) in [5.74, 6) is 0. The minimum Gasteiger partial charge on any atom is -0.744 e. The van der Waals surface area contributed by atoms with Gasteiger partial charge in [-0.1, -0.05) is 217 Å². The summed E-state index contributed by atoms with van der Waals surface area (Å²) >= 11 is 0. The molecule has 0 bridgehead atoms. The molecule has 0 spiro atoms. The molecule has 0 aliphatic rings. The molecule has 0 aliphatic carbocycles. The summed E-state index contributed by atoms with van der Waals surface area (Å²) in [5.41, 5.74) is 1.34. The summed E-state index contributed by atoms with van der Waals surface area (Å²) in [5, 5.41) is 0. The van der Waals surface area contributed by atoms with Crippen molar-refractivity contribution >= 4 is 20.2 Å². The number of hydrogen-bond donors (Lipinski definition) is 0. The van der Waals surface area contributed by atoms with Crippen LogP contribution in [0, 0.1) is 0 Å². The zero-order valence-corrected chi connectivity index (χ0v) is 38.4. The molecule has 0 amide bonds. The molecule has 0 fully saturated rings. The fourth-order valence-electron chi connectivity index (χ4n) is 6.93. The van der Waals surface area contributed by atoms with E-state index in [0.717, 1.165) is 25.7 Å². The Morgan fingerprint density at radius 2 is 0.566 bits per heavy atom. The van der Waals surface area contributed by atoms with Gasteiger partial charge in [0.2, 0.25) is 0 Å². The molecule has 300 valence electrons. The molecule has 2 aromatic rings. The van der Waals surface area contributed by atoms with Crippen molar-refractivity contribution in [3.8, 4) is 0 Å². The van der Waals surface area contributed by atoms with Gasteiger partial charge in [0, 0.05) is 0 Å². The summed E-state index contributed by atoms with van der Waals surface area (Å²) in [6.45, 7) is 4.52. The molecule has 0 heterocycles. The molecule has 2 rings (SSSR count). The molecule has 0 saturated heterocycles. The summed E-state index contributed by atoms with van der Waals surface area (Å²) < 4.78 is 67.5. The third kappa shape index (κ3) is 28.9. The van der Waals surface area contributed by atoms with E-state index in [1.165, 1.54) is 166 Å². The summed E-state index contributed by atoms with van der Waals surface area (Å²) in [6, 6.07) is 13.2. The Morgan fingerprint density at radius 1 is 0.358 bits per heavy atom. The van der Waals surface area contributed by atoms with Gasteiger partial charge in [0.1, 0.15) is 20.2 Å². The van der Waals surface area contributed by atoms with Gasteiger partial charge in [-0.05, 0) is 48.9 Å². The smallest absolute Gasteiger partial charge is 0.744 e. The van der Waals surface area contributed by atoms with E-state index in [1.807, 2.05) is 0 Å². The Bertz CT molecular complexity index is 1240. The van der Waals surface area contributed by atoms with Gasteiger partial charge in [-0.25, -0.2) is 16.8 Å². The predicted octanol–water partition coefficient (Wildman–Crippen LogP) is 13.2. The molecule has 2 aromatic carbocycles. The van der Waals surface area contributed by atoms with Crippen LogP contribution in [0.2, 0.25) is 0 Å². The van der Waals surface area contributed by atoms with Crippen LogP contribution < -0.4 is 0 Å². The van der Waals surface area contributed by atoms with Gasteiger partial charge in [-0.15, -0.1) is 0 Å². The number of hydrogen-bond acceptors (Lipinski definition) is 6. The first-order chi connectivity index (χ1) is 25.1. The summed E-state index contributed by atoms with van der Waals surface area (Å²) in [4.78, 5) is -0.0932. The van der Waals surface area contributed by atoms with Crippen molar-refractivity contribution < 1.29 is 45.4 Å². The number of rotatable bonds is 32. The fourth-order valence-corrected chi connectivity index (χ4v) is 8.40. The van der Waals surface area contributed by atoms with Crippen molar-refractivity contribution in [3.63, 3.8) is 0 Å². The van der Waals surface area contributed by atoms with Crippen LogP contribution in [0.25, 0.3) is 0 Å². The molecule has 0 radical (unpaired) electrons. The van der Waals surface area contributed by atoms with Gasteiger partial charge in [-0.2, -0.15) is 0 Å². The Balaban J connectivity index is 0.00000100. The first-order valence-electron chi connectivity index (χ1n) is 21.2. The van der Waals surface area contributed by atoms with Crippen molar-refractivity contribution in [1.29, 1.82) is 0 Å². The average Bonchev–Trinajstić information content (AvgIpc) is 3.11. The van der Waals surface area contributed by atoms with Crippen LogP contribution in [0.5, 0.6) is 0 Å². The molecular weight excluding hydrogens is 754 g/mol.